The number of nitrogens with one attached hydrogen (secondary N) is 2. The Hall–Kier alpha value is -2.85. The predicted molar refractivity (Wildman–Crippen MR) is 106 cm³/mol. The molecule has 0 fully saturated rings. The molecule has 0 atom stereocenters. The van der Waals surface area contributed by atoms with Gasteiger partial charge in [-0.1, -0.05) is 11.3 Å². The number of anilines is 2. The molecule has 0 radical (unpaired) electrons. The molecular formula is C17H17N3O5S2. The number of hydrogen-bond acceptors (Lipinski definition) is 7. The first-order chi connectivity index (χ1) is 12.8. The maximum atomic E-state index is 12.6. The molecule has 2 aromatic carbocycles. The van der Waals surface area contributed by atoms with Crippen LogP contribution in [0.3, 0.4) is 0 Å². The van der Waals surface area contributed by atoms with E-state index in [9.17, 15) is 13.2 Å². The third kappa shape index (κ3) is 4.47. The van der Waals surface area contributed by atoms with Crippen LogP contribution in [-0.4, -0.2) is 39.8 Å². The summed E-state index contributed by atoms with van der Waals surface area (Å²) < 4.78 is 36.1. The molecule has 142 valence electrons. The average Bonchev–Trinajstić information content (AvgIpc) is 3.00. The number of amides is 1. The second-order valence-electron chi connectivity index (χ2n) is 5.60. The van der Waals surface area contributed by atoms with Crippen molar-refractivity contribution in [3.63, 3.8) is 0 Å². The van der Waals surface area contributed by atoms with Gasteiger partial charge in [0.2, 0.25) is 10.0 Å². The maximum Gasteiger partial charge on any atom is 0.255 e. The zero-order valence-electron chi connectivity index (χ0n) is 14.8. The van der Waals surface area contributed by atoms with Crippen molar-refractivity contribution in [2.45, 2.75) is 0 Å². The van der Waals surface area contributed by atoms with Crippen molar-refractivity contribution >= 4 is 48.3 Å². The van der Waals surface area contributed by atoms with Crippen LogP contribution in [0.15, 0.2) is 36.4 Å². The summed E-state index contributed by atoms with van der Waals surface area (Å²) in [4.78, 5) is 16.8. The summed E-state index contributed by atoms with van der Waals surface area (Å²) in [5.74, 6) is 0.748. The van der Waals surface area contributed by atoms with Crippen molar-refractivity contribution in [2.24, 2.45) is 0 Å². The van der Waals surface area contributed by atoms with Crippen LogP contribution in [0.5, 0.6) is 11.5 Å². The molecule has 8 nitrogen and oxygen atoms in total. The second kappa shape index (κ2) is 7.41. The highest BCUT2D eigenvalue weighted by Crippen LogP contribution is 2.30. The highest BCUT2D eigenvalue weighted by Gasteiger charge is 2.14. The standard InChI is InChI=1S/C17H17N3O5S2/c1-24-11-5-7-14(25-2)13(9-11)18-16(21)10-4-6-12-15(8-10)26-17(19-12)20-27(3,22)23/h4-9H,1-3H3,(H,18,21)(H,19,20). The number of carbonyl (C=O) groups is 1. The minimum Gasteiger partial charge on any atom is -0.497 e. The van der Waals surface area contributed by atoms with E-state index in [4.69, 9.17) is 9.47 Å². The summed E-state index contributed by atoms with van der Waals surface area (Å²) >= 11 is 1.15. The molecule has 0 bridgehead atoms. The number of hydrogen-bond donors (Lipinski definition) is 2. The number of rotatable bonds is 6. The summed E-state index contributed by atoms with van der Waals surface area (Å²) in [6.45, 7) is 0. The summed E-state index contributed by atoms with van der Waals surface area (Å²) in [6.07, 6.45) is 1.06. The molecular weight excluding hydrogens is 390 g/mol. The number of nitrogens with zero attached hydrogens (tertiary/aromatic N) is 1. The van der Waals surface area contributed by atoms with Crippen molar-refractivity contribution in [3.05, 3.63) is 42.0 Å². The van der Waals surface area contributed by atoms with Gasteiger partial charge in [0.1, 0.15) is 11.5 Å². The van der Waals surface area contributed by atoms with E-state index in [0.29, 0.717) is 33.0 Å². The monoisotopic (exact) mass is 407 g/mol. The lowest BCUT2D eigenvalue weighted by Gasteiger charge is -2.11. The molecule has 1 aromatic heterocycles. The normalized spacial score (nSPS) is 11.2. The van der Waals surface area contributed by atoms with Crippen LogP contribution >= 0.6 is 11.3 Å². The average molecular weight is 407 g/mol. The topological polar surface area (TPSA) is 107 Å². The van der Waals surface area contributed by atoms with E-state index in [-0.39, 0.29) is 11.0 Å². The first-order valence-corrected chi connectivity index (χ1v) is 10.4. The molecule has 0 saturated carbocycles. The lowest BCUT2D eigenvalue weighted by Crippen LogP contribution is -2.12. The molecule has 3 aromatic rings. The van der Waals surface area contributed by atoms with Crippen molar-refractivity contribution in [1.29, 1.82) is 0 Å². The van der Waals surface area contributed by atoms with Crippen molar-refractivity contribution in [2.75, 3.05) is 30.5 Å². The van der Waals surface area contributed by atoms with Gasteiger partial charge in [-0.2, -0.15) is 0 Å². The van der Waals surface area contributed by atoms with Crippen LogP contribution in [0.25, 0.3) is 10.2 Å². The molecule has 0 unspecified atom stereocenters. The predicted octanol–water partition coefficient (Wildman–Crippen LogP) is 2.94. The molecule has 3 rings (SSSR count). The van der Waals surface area contributed by atoms with Crippen LogP contribution in [-0.2, 0) is 10.0 Å². The van der Waals surface area contributed by atoms with Gasteiger partial charge in [-0.25, -0.2) is 13.4 Å². The van der Waals surface area contributed by atoms with Crippen LogP contribution in [0.1, 0.15) is 10.4 Å². The van der Waals surface area contributed by atoms with Crippen LogP contribution in [0.2, 0.25) is 0 Å². The summed E-state index contributed by atoms with van der Waals surface area (Å²) in [5, 5.41) is 3.04. The molecule has 0 spiro atoms. The van der Waals surface area contributed by atoms with Gasteiger partial charge in [-0.05, 0) is 30.3 Å². The Morgan fingerprint density at radius 3 is 2.56 bits per heavy atom. The van der Waals surface area contributed by atoms with E-state index in [1.807, 2.05) is 0 Å². The van der Waals surface area contributed by atoms with Crippen LogP contribution in [0.4, 0.5) is 10.8 Å². The van der Waals surface area contributed by atoms with Gasteiger partial charge in [-0.15, -0.1) is 0 Å². The van der Waals surface area contributed by atoms with Gasteiger partial charge in [0.15, 0.2) is 5.13 Å². The van der Waals surface area contributed by atoms with Gasteiger partial charge in [-0.3, -0.25) is 9.52 Å². The fourth-order valence-corrected chi connectivity index (χ4v) is 4.11. The van der Waals surface area contributed by atoms with Crippen LogP contribution < -0.4 is 19.5 Å². The Balaban J connectivity index is 1.88. The number of benzene rings is 2. The second-order valence-corrected chi connectivity index (χ2v) is 8.38. The third-order valence-electron chi connectivity index (χ3n) is 3.58. The van der Waals surface area contributed by atoms with Crippen molar-refractivity contribution in [3.8, 4) is 11.5 Å². The largest absolute Gasteiger partial charge is 0.497 e. The molecule has 27 heavy (non-hydrogen) atoms. The number of fused-ring (bicyclic) bond motifs is 1. The van der Waals surface area contributed by atoms with E-state index in [1.165, 1.54) is 14.2 Å². The molecule has 1 amide bonds. The minimum atomic E-state index is -3.41. The van der Waals surface area contributed by atoms with E-state index < -0.39 is 10.0 Å². The molecule has 0 aliphatic carbocycles. The van der Waals surface area contributed by atoms with E-state index in [2.05, 4.69) is 15.0 Å². The first kappa shape index (κ1) is 18.9. The number of thiazole rings is 1. The number of carbonyl (C=O) groups excluding carboxylic acids is 1. The van der Waals surface area contributed by atoms with Gasteiger partial charge in [0.05, 0.1) is 36.4 Å². The maximum absolute atomic E-state index is 12.6. The van der Waals surface area contributed by atoms with Crippen molar-refractivity contribution in [1.82, 2.24) is 4.98 Å². The Labute approximate surface area is 160 Å². The van der Waals surface area contributed by atoms with Crippen molar-refractivity contribution < 1.29 is 22.7 Å². The zero-order valence-corrected chi connectivity index (χ0v) is 16.4. The Kier molecular flexibility index (Phi) is 5.19. The smallest absolute Gasteiger partial charge is 0.255 e. The van der Waals surface area contributed by atoms with E-state index in [0.717, 1.165) is 17.6 Å². The summed E-state index contributed by atoms with van der Waals surface area (Å²) in [6, 6.07) is 10.0. The number of aromatic nitrogens is 1. The van der Waals surface area contributed by atoms with Gasteiger partial charge >= 0.3 is 0 Å². The van der Waals surface area contributed by atoms with Gasteiger partial charge in [0, 0.05) is 11.6 Å². The highest BCUT2D eigenvalue weighted by molar-refractivity contribution is 7.92. The molecule has 2 N–H and O–H groups in total. The zero-order chi connectivity index (χ0) is 19.6. The Morgan fingerprint density at radius 1 is 1.11 bits per heavy atom. The fraction of sp³-hybridized carbons (Fsp3) is 0.176. The lowest BCUT2D eigenvalue weighted by atomic mass is 10.2. The Morgan fingerprint density at radius 2 is 1.89 bits per heavy atom. The van der Waals surface area contributed by atoms with E-state index >= 15 is 0 Å². The number of methoxy groups -OCH3 is 2. The molecule has 0 saturated heterocycles. The summed E-state index contributed by atoms with van der Waals surface area (Å²) in [5.41, 5.74) is 1.48. The minimum absolute atomic E-state index is 0.250. The summed E-state index contributed by atoms with van der Waals surface area (Å²) in [7, 11) is -0.367. The van der Waals surface area contributed by atoms with E-state index in [1.54, 1.807) is 36.4 Å². The molecule has 0 aliphatic rings. The molecule has 0 aliphatic heterocycles. The SMILES string of the molecule is COc1ccc(OC)c(NC(=O)c2ccc3nc(NS(C)(=O)=O)sc3c2)c1. The lowest BCUT2D eigenvalue weighted by molar-refractivity contribution is 0.102. The van der Waals surface area contributed by atoms with Crippen LogP contribution in [0, 0.1) is 0 Å². The number of sulfonamides is 1. The molecule has 10 heteroatoms. The third-order valence-corrected chi connectivity index (χ3v) is 5.21. The highest BCUT2D eigenvalue weighted by atomic mass is 32.2. The Bertz CT molecular complexity index is 1110. The quantitative estimate of drug-likeness (QED) is 0.651. The fourth-order valence-electron chi connectivity index (χ4n) is 2.37. The first-order valence-electron chi connectivity index (χ1n) is 7.71. The number of ether oxygens (including phenoxy) is 2. The van der Waals surface area contributed by atoms with Gasteiger partial charge < -0.3 is 14.8 Å². The molecule has 1 heterocycles. The van der Waals surface area contributed by atoms with Gasteiger partial charge in [0.25, 0.3) is 5.91 Å².